The maximum Gasteiger partial charge on any atom is 0.335 e. The summed E-state index contributed by atoms with van der Waals surface area (Å²) >= 11 is 0. The van der Waals surface area contributed by atoms with E-state index in [1.165, 1.54) is 24.3 Å². The van der Waals surface area contributed by atoms with Gasteiger partial charge in [0.25, 0.3) is 0 Å². The van der Waals surface area contributed by atoms with Crippen LogP contribution >= 0.6 is 0 Å². The lowest BCUT2D eigenvalue weighted by molar-refractivity contribution is 0.0169. The average Bonchev–Trinajstić information content (AvgIpc) is 3.04. The minimum Gasteiger partial charge on any atom is -0.478 e. The minimum absolute atomic E-state index is 0.0442. The first-order chi connectivity index (χ1) is 11.0. The molecule has 23 heavy (non-hydrogen) atoms. The number of hydrogen-bond donors (Lipinski definition) is 2. The van der Waals surface area contributed by atoms with E-state index in [-0.39, 0.29) is 23.1 Å². The fourth-order valence-electron chi connectivity index (χ4n) is 2.23. The highest BCUT2D eigenvalue weighted by Crippen LogP contribution is 2.12. The summed E-state index contributed by atoms with van der Waals surface area (Å²) in [4.78, 5) is 10.8. The molecule has 0 amide bonds. The van der Waals surface area contributed by atoms with Crippen molar-refractivity contribution in [3.8, 4) is 0 Å². The molecule has 1 fully saturated rings. The molecule has 1 aliphatic rings. The lowest BCUT2D eigenvalue weighted by Gasteiger charge is -2.10. The second kappa shape index (κ2) is 8.39. The van der Waals surface area contributed by atoms with Crippen LogP contribution < -0.4 is 4.72 Å². The van der Waals surface area contributed by atoms with Crippen LogP contribution in [0.5, 0.6) is 0 Å². The van der Waals surface area contributed by atoms with Crippen LogP contribution in [0.25, 0.3) is 0 Å². The van der Waals surface area contributed by atoms with Crippen molar-refractivity contribution in [3.63, 3.8) is 0 Å². The van der Waals surface area contributed by atoms with Crippen molar-refractivity contribution in [2.45, 2.75) is 30.3 Å². The van der Waals surface area contributed by atoms with E-state index in [1.807, 2.05) is 0 Å². The van der Waals surface area contributed by atoms with Crippen molar-refractivity contribution in [1.82, 2.24) is 4.72 Å². The zero-order chi connectivity index (χ0) is 16.7. The Hall–Kier alpha value is -1.48. The largest absolute Gasteiger partial charge is 0.478 e. The average molecular weight is 343 g/mol. The molecule has 128 valence electrons. The summed E-state index contributed by atoms with van der Waals surface area (Å²) in [6.45, 7) is 2.05. The van der Waals surface area contributed by atoms with E-state index in [2.05, 4.69) is 4.72 Å². The first-order valence-electron chi connectivity index (χ1n) is 7.51. The Morgan fingerprint density at radius 2 is 2.09 bits per heavy atom. The Bertz CT molecular complexity index is 607. The molecule has 0 bridgehead atoms. The van der Waals surface area contributed by atoms with Gasteiger partial charge in [-0.2, -0.15) is 0 Å². The summed E-state index contributed by atoms with van der Waals surface area (Å²) in [5, 5.41) is 8.79. The smallest absolute Gasteiger partial charge is 0.335 e. The van der Waals surface area contributed by atoms with Gasteiger partial charge in [0.05, 0.1) is 23.2 Å². The van der Waals surface area contributed by atoms with Crippen LogP contribution in [0.4, 0.5) is 0 Å². The van der Waals surface area contributed by atoms with Crippen molar-refractivity contribution in [2.75, 3.05) is 26.4 Å². The zero-order valence-electron chi connectivity index (χ0n) is 12.7. The molecule has 0 spiro atoms. The van der Waals surface area contributed by atoms with Crippen molar-refractivity contribution in [1.29, 1.82) is 0 Å². The highest BCUT2D eigenvalue weighted by atomic mass is 32.2. The van der Waals surface area contributed by atoms with E-state index in [1.54, 1.807) is 0 Å². The third-order valence-corrected chi connectivity index (χ3v) is 4.97. The highest BCUT2D eigenvalue weighted by Gasteiger charge is 2.16. The number of hydrogen-bond acceptors (Lipinski definition) is 5. The molecular formula is C15H21NO6S. The Morgan fingerprint density at radius 3 is 2.70 bits per heavy atom. The monoisotopic (exact) mass is 343 g/mol. The normalized spacial score (nSPS) is 18.2. The van der Waals surface area contributed by atoms with Crippen molar-refractivity contribution in [2.24, 2.45) is 0 Å². The highest BCUT2D eigenvalue weighted by molar-refractivity contribution is 7.89. The number of benzene rings is 1. The Balaban J connectivity index is 1.70. The van der Waals surface area contributed by atoms with Crippen molar-refractivity contribution in [3.05, 3.63) is 29.8 Å². The van der Waals surface area contributed by atoms with Gasteiger partial charge >= 0.3 is 5.97 Å². The van der Waals surface area contributed by atoms with Gasteiger partial charge in [-0.25, -0.2) is 17.9 Å². The van der Waals surface area contributed by atoms with Gasteiger partial charge < -0.3 is 14.6 Å². The van der Waals surface area contributed by atoms with E-state index in [0.29, 0.717) is 19.6 Å². The lowest BCUT2D eigenvalue weighted by Crippen LogP contribution is -2.26. The van der Waals surface area contributed by atoms with E-state index in [0.717, 1.165) is 19.4 Å². The molecule has 0 saturated carbocycles. The predicted octanol–water partition coefficient (Wildman–Crippen LogP) is 1.25. The number of nitrogens with one attached hydrogen (secondary N) is 1. The molecule has 1 heterocycles. The molecule has 8 heteroatoms. The number of rotatable bonds is 9. The SMILES string of the molecule is O=C(O)c1ccc(S(=O)(=O)NCCCOC[C@H]2CCCO2)cc1. The summed E-state index contributed by atoms with van der Waals surface area (Å²) in [6.07, 6.45) is 2.80. The third-order valence-electron chi connectivity index (χ3n) is 3.50. The van der Waals surface area contributed by atoms with E-state index >= 15 is 0 Å². The standard InChI is InChI=1S/C15H21NO6S/c17-15(18)12-4-6-14(7-5-12)23(19,20)16-8-2-9-21-11-13-3-1-10-22-13/h4-7,13,16H,1-3,8-11H2,(H,17,18)/t13-/m1/s1. The van der Waals surface area contributed by atoms with E-state index in [4.69, 9.17) is 14.6 Å². The molecule has 1 atom stereocenters. The Kier molecular flexibility index (Phi) is 6.52. The van der Waals surface area contributed by atoms with Crippen LogP contribution in [0.3, 0.4) is 0 Å². The molecule has 0 unspecified atom stereocenters. The summed E-state index contributed by atoms with van der Waals surface area (Å²) < 4.78 is 37.4. The van der Waals surface area contributed by atoms with Crippen molar-refractivity contribution >= 4 is 16.0 Å². The lowest BCUT2D eigenvalue weighted by atomic mass is 10.2. The van der Waals surface area contributed by atoms with Gasteiger partial charge in [0.15, 0.2) is 0 Å². The van der Waals surface area contributed by atoms with Gasteiger partial charge in [-0.3, -0.25) is 0 Å². The summed E-state index contributed by atoms with van der Waals surface area (Å²) in [5.74, 6) is -1.09. The number of carboxylic acid groups (broad SMARTS) is 1. The quantitative estimate of drug-likeness (QED) is 0.654. The molecule has 0 aliphatic carbocycles. The molecular weight excluding hydrogens is 322 g/mol. The second-order valence-electron chi connectivity index (χ2n) is 5.29. The van der Waals surface area contributed by atoms with Gasteiger partial charge in [-0.1, -0.05) is 0 Å². The van der Waals surface area contributed by atoms with Crippen molar-refractivity contribution < 1.29 is 27.8 Å². The van der Waals surface area contributed by atoms with Crippen LogP contribution in [0.1, 0.15) is 29.6 Å². The molecule has 7 nitrogen and oxygen atoms in total. The van der Waals surface area contributed by atoms with Gasteiger partial charge in [0, 0.05) is 19.8 Å². The molecule has 1 aromatic rings. The zero-order valence-corrected chi connectivity index (χ0v) is 13.5. The van der Waals surface area contributed by atoms with E-state index in [9.17, 15) is 13.2 Å². The summed E-state index contributed by atoms with van der Waals surface area (Å²) in [7, 11) is -3.63. The van der Waals surface area contributed by atoms with Gasteiger partial charge in [-0.15, -0.1) is 0 Å². The molecule has 1 aliphatic heterocycles. The van der Waals surface area contributed by atoms with Gasteiger partial charge in [-0.05, 0) is 43.5 Å². The number of aromatic carboxylic acids is 1. The first-order valence-corrected chi connectivity index (χ1v) is 9.00. The van der Waals surface area contributed by atoms with Crippen LogP contribution in [0.2, 0.25) is 0 Å². The maximum absolute atomic E-state index is 12.0. The fraction of sp³-hybridized carbons (Fsp3) is 0.533. The van der Waals surface area contributed by atoms with Crippen LogP contribution in [0, 0.1) is 0 Å². The van der Waals surface area contributed by atoms with Crippen LogP contribution in [-0.4, -0.2) is 52.0 Å². The van der Waals surface area contributed by atoms with Gasteiger partial charge in [0.2, 0.25) is 10.0 Å². The minimum atomic E-state index is -3.63. The topological polar surface area (TPSA) is 102 Å². The third kappa shape index (κ3) is 5.58. The molecule has 0 aromatic heterocycles. The predicted molar refractivity (Wildman–Crippen MR) is 83.0 cm³/mol. The second-order valence-corrected chi connectivity index (χ2v) is 7.06. The number of ether oxygens (including phenoxy) is 2. The summed E-state index contributed by atoms with van der Waals surface area (Å²) in [5.41, 5.74) is 0.0477. The molecule has 2 N–H and O–H groups in total. The summed E-state index contributed by atoms with van der Waals surface area (Å²) in [6, 6.07) is 5.09. The number of carbonyl (C=O) groups is 1. The first kappa shape index (κ1) is 17.9. The number of carboxylic acids is 1. The molecule has 1 aromatic carbocycles. The van der Waals surface area contributed by atoms with Gasteiger partial charge in [0.1, 0.15) is 0 Å². The van der Waals surface area contributed by atoms with E-state index < -0.39 is 16.0 Å². The Labute approximate surface area is 135 Å². The van der Waals surface area contributed by atoms with Crippen LogP contribution in [-0.2, 0) is 19.5 Å². The van der Waals surface area contributed by atoms with Crippen LogP contribution in [0.15, 0.2) is 29.2 Å². The Morgan fingerprint density at radius 1 is 1.35 bits per heavy atom. The fourth-order valence-corrected chi connectivity index (χ4v) is 3.31. The molecule has 1 saturated heterocycles. The number of sulfonamides is 1. The molecule has 0 radical (unpaired) electrons. The maximum atomic E-state index is 12.0. The molecule has 2 rings (SSSR count).